The second-order valence-electron chi connectivity index (χ2n) is 7.07. The van der Waals surface area contributed by atoms with E-state index in [0.717, 1.165) is 22.5 Å². The second-order valence-corrected chi connectivity index (χ2v) is 7.07. The topological polar surface area (TPSA) is 71.7 Å². The summed E-state index contributed by atoms with van der Waals surface area (Å²) >= 11 is 0. The van der Waals surface area contributed by atoms with E-state index in [0.29, 0.717) is 37.8 Å². The number of carbonyl (C=O) groups excluding carboxylic acids is 1. The van der Waals surface area contributed by atoms with Crippen molar-refractivity contribution in [2.24, 2.45) is 0 Å². The molecule has 0 bridgehead atoms. The molecule has 5 rings (SSSR count). The van der Waals surface area contributed by atoms with Gasteiger partial charge < -0.3 is 19.0 Å². The Morgan fingerprint density at radius 2 is 1.63 bits per heavy atom. The number of rotatable bonds is 4. The smallest absolute Gasteiger partial charge is 0.289 e. The van der Waals surface area contributed by atoms with Crippen molar-refractivity contribution in [1.82, 2.24) is 15.1 Å². The van der Waals surface area contributed by atoms with Crippen molar-refractivity contribution in [2.45, 2.75) is 0 Å². The van der Waals surface area contributed by atoms with Crippen molar-refractivity contribution >= 4 is 22.7 Å². The lowest BCUT2D eigenvalue weighted by Gasteiger charge is -2.34. The standard InChI is InChI=1S/C23H20N4O3/c28-23(20-16-17-6-4-5-9-19(17)30-20)27-14-12-26(13-15-27)21-10-11-22(25-24-21)29-18-7-2-1-3-8-18/h1-11,16H,12-15H2. The summed E-state index contributed by atoms with van der Waals surface area (Å²) in [5.74, 6) is 2.24. The van der Waals surface area contributed by atoms with Crippen LogP contribution in [0.3, 0.4) is 0 Å². The molecule has 1 aliphatic rings. The van der Waals surface area contributed by atoms with Crippen molar-refractivity contribution in [3.8, 4) is 11.6 Å². The first-order valence-corrected chi connectivity index (χ1v) is 9.86. The molecule has 1 amide bonds. The highest BCUT2D eigenvalue weighted by atomic mass is 16.5. The predicted molar refractivity (Wildman–Crippen MR) is 113 cm³/mol. The van der Waals surface area contributed by atoms with Crippen molar-refractivity contribution in [3.05, 3.63) is 78.6 Å². The van der Waals surface area contributed by atoms with Crippen molar-refractivity contribution in [2.75, 3.05) is 31.1 Å². The van der Waals surface area contributed by atoms with Gasteiger partial charge in [-0.1, -0.05) is 36.4 Å². The molecule has 0 N–H and O–H groups in total. The largest absolute Gasteiger partial charge is 0.451 e. The highest BCUT2D eigenvalue weighted by Gasteiger charge is 2.25. The zero-order chi connectivity index (χ0) is 20.3. The third-order valence-corrected chi connectivity index (χ3v) is 5.12. The van der Waals surface area contributed by atoms with Crippen LogP contribution in [0.5, 0.6) is 11.6 Å². The lowest BCUT2D eigenvalue weighted by molar-refractivity contribution is 0.0717. The molecular formula is C23H20N4O3. The van der Waals surface area contributed by atoms with Crippen LogP contribution in [0.4, 0.5) is 5.82 Å². The van der Waals surface area contributed by atoms with Crippen LogP contribution in [0.2, 0.25) is 0 Å². The minimum Gasteiger partial charge on any atom is -0.451 e. The first kappa shape index (κ1) is 18.2. The van der Waals surface area contributed by atoms with Crippen LogP contribution in [0, 0.1) is 0 Å². The highest BCUT2D eigenvalue weighted by Crippen LogP contribution is 2.23. The van der Waals surface area contributed by atoms with E-state index in [1.807, 2.05) is 65.6 Å². The summed E-state index contributed by atoms with van der Waals surface area (Å²) in [4.78, 5) is 16.7. The van der Waals surface area contributed by atoms with Crippen LogP contribution in [0.15, 0.2) is 77.2 Å². The van der Waals surface area contributed by atoms with Crippen LogP contribution < -0.4 is 9.64 Å². The predicted octanol–water partition coefficient (Wildman–Crippen LogP) is 3.98. The fraction of sp³-hybridized carbons (Fsp3) is 0.174. The summed E-state index contributed by atoms with van der Waals surface area (Å²) in [7, 11) is 0. The summed E-state index contributed by atoms with van der Waals surface area (Å²) in [6, 6.07) is 22.6. The summed E-state index contributed by atoms with van der Waals surface area (Å²) in [5.41, 5.74) is 0.729. The number of anilines is 1. The third-order valence-electron chi connectivity index (χ3n) is 5.12. The number of nitrogens with zero attached hydrogens (tertiary/aromatic N) is 4. The SMILES string of the molecule is O=C(c1cc2ccccc2o1)N1CCN(c2ccc(Oc3ccccc3)nn2)CC1. The number of para-hydroxylation sites is 2. The van der Waals surface area contributed by atoms with Gasteiger partial charge in [0.05, 0.1) is 0 Å². The van der Waals surface area contributed by atoms with E-state index in [2.05, 4.69) is 15.1 Å². The number of hydrogen-bond acceptors (Lipinski definition) is 6. The number of piperazine rings is 1. The minimum absolute atomic E-state index is 0.0801. The molecule has 30 heavy (non-hydrogen) atoms. The Labute approximate surface area is 173 Å². The second kappa shape index (κ2) is 7.87. The van der Waals surface area contributed by atoms with Gasteiger partial charge in [0, 0.05) is 37.6 Å². The van der Waals surface area contributed by atoms with Gasteiger partial charge in [0.25, 0.3) is 5.91 Å². The van der Waals surface area contributed by atoms with Gasteiger partial charge in [-0.15, -0.1) is 10.2 Å². The van der Waals surface area contributed by atoms with Crippen molar-refractivity contribution in [1.29, 1.82) is 0 Å². The van der Waals surface area contributed by atoms with Crippen LogP contribution in [0.25, 0.3) is 11.0 Å². The van der Waals surface area contributed by atoms with Crippen molar-refractivity contribution < 1.29 is 13.9 Å². The Bertz CT molecular complexity index is 1120. The normalized spacial score (nSPS) is 14.1. The summed E-state index contributed by atoms with van der Waals surface area (Å²) in [6.45, 7) is 2.55. The number of ether oxygens (including phenoxy) is 1. The molecule has 1 aliphatic heterocycles. The Morgan fingerprint density at radius 3 is 2.37 bits per heavy atom. The number of aromatic nitrogens is 2. The van der Waals surface area contributed by atoms with E-state index in [1.165, 1.54) is 0 Å². The number of furan rings is 1. The zero-order valence-electron chi connectivity index (χ0n) is 16.3. The van der Waals surface area contributed by atoms with E-state index >= 15 is 0 Å². The first-order valence-electron chi connectivity index (χ1n) is 9.86. The van der Waals surface area contributed by atoms with E-state index in [-0.39, 0.29) is 5.91 Å². The van der Waals surface area contributed by atoms with E-state index in [4.69, 9.17) is 9.15 Å². The lowest BCUT2D eigenvalue weighted by Crippen LogP contribution is -2.49. The lowest BCUT2D eigenvalue weighted by atomic mass is 10.2. The number of carbonyl (C=O) groups is 1. The molecule has 0 spiro atoms. The molecule has 0 saturated carbocycles. The number of fused-ring (bicyclic) bond motifs is 1. The fourth-order valence-electron chi connectivity index (χ4n) is 3.53. The van der Waals surface area contributed by atoms with Gasteiger partial charge in [0.15, 0.2) is 11.6 Å². The minimum atomic E-state index is -0.0801. The van der Waals surface area contributed by atoms with E-state index < -0.39 is 0 Å². The van der Waals surface area contributed by atoms with Gasteiger partial charge in [0.2, 0.25) is 5.88 Å². The monoisotopic (exact) mass is 400 g/mol. The molecule has 150 valence electrons. The van der Waals surface area contributed by atoms with Gasteiger partial charge >= 0.3 is 0 Å². The first-order chi connectivity index (χ1) is 14.8. The molecule has 4 aromatic rings. The number of benzene rings is 2. The molecule has 2 aromatic carbocycles. The molecule has 1 fully saturated rings. The molecule has 1 saturated heterocycles. The van der Waals surface area contributed by atoms with Gasteiger partial charge in [-0.2, -0.15) is 0 Å². The summed E-state index contributed by atoms with van der Waals surface area (Å²) in [5, 5.41) is 9.39. The van der Waals surface area contributed by atoms with Gasteiger partial charge in [-0.3, -0.25) is 4.79 Å². The molecule has 3 heterocycles. The van der Waals surface area contributed by atoms with Gasteiger partial charge in [0.1, 0.15) is 11.3 Å². The average Bonchev–Trinajstić information content (AvgIpc) is 3.24. The highest BCUT2D eigenvalue weighted by molar-refractivity contribution is 5.96. The summed E-state index contributed by atoms with van der Waals surface area (Å²) in [6.07, 6.45) is 0. The van der Waals surface area contributed by atoms with E-state index in [9.17, 15) is 4.79 Å². The molecule has 7 heteroatoms. The van der Waals surface area contributed by atoms with Gasteiger partial charge in [-0.25, -0.2) is 0 Å². The average molecular weight is 400 g/mol. The van der Waals surface area contributed by atoms with E-state index in [1.54, 1.807) is 12.1 Å². The Hall–Kier alpha value is -3.87. The Kier molecular flexibility index (Phi) is 4.77. The molecule has 2 aromatic heterocycles. The maximum absolute atomic E-state index is 12.8. The maximum Gasteiger partial charge on any atom is 0.289 e. The molecule has 0 radical (unpaired) electrons. The van der Waals surface area contributed by atoms with Crippen LogP contribution in [-0.4, -0.2) is 47.2 Å². The molecule has 0 aliphatic carbocycles. The molecule has 7 nitrogen and oxygen atoms in total. The maximum atomic E-state index is 12.8. The van der Waals surface area contributed by atoms with Crippen LogP contribution in [-0.2, 0) is 0 Å². The summed E-state index contributed by atoms with van der Waals surface area (Å²) < 4.78 is 11.4. The number of amides is 1. The molecule has 0 atom stereocenters. The molecule has 0 unspecified atom stereocenters. The van der Waals surface area contributed by atoms with Crippen LogP contribution in [0.1, 0.15) is 10.6 Å². The Balaban J connectivity index is 1.20. The zero-order valence-corrected chi connectivity index (χ0v) is 16.3. The Morgan fingerprint density at radius 1 is 0.867 bits per heavy atom. The number of hydrogen-bond donors (Lipinski definition) is 0. The fourth-order valence-corrected chi connectivity index (χ4v) is 3.53. The van der Waals surface area contributed by atoms with Gasteiger partial charge in [-0.05, 0) is 30.3 Å². The quantitative estimate of drug-likeness (QED) is 0.516. The van der Waals surface area contributed by atoms with Crippen LogP contribution >= 0.6 is 0 Å². The molecular weight excluding hydrogens is 380 g/mol. The van der Waals surface area contributed by atoms with Crippen molar-refractivity contribution in [3.63, 3.8) is 0 Å². The third kappa shape index (κ3) is 3.69.